The zero-order chi connectivity index (χ0) is 19.1. The van der Waals surface area contributed by atoms with Gasteiger partial charge in [-0.3, -0.25) is 0 Å². The van der Waals surface area contributed by atoms with E-state index in [4.69, 9.17) is 0 Å². The molecular formula is C20H24N4O2. The minimum atomic E-state index is 0.526. The van der Waals surface area contributed by atoms with Crippen LogP contribution in [0.4, 0.5) is 22.7 Å². The highest BCUT2D eigenvalue weighted by Crippen LogP contribution is 2.19. The van der Waals surface area contributed by atoms with Crippen LogP contribution >= 0.6 is 0 Å². The summed E-state index contributed by atoms with van der Waals surface area (Å²) >= 11 is 0. The first-order valence-corrected chi connectivity index (χ1v) is 8.21. The molecule has 0 heterocycles. The van der Waals surface area contributed by atoms with E-state index in [0.717, 1.165) is 21.2 Å². The number of benzene rings is 2. The Kier molecular flexibility index (Phi) is 6.52. The highest BCUT2D eigenvalue weighted by Gasteiger charge is 2.09. The molecule has 2 aromatic rings. The monoisotopic (exact) mass is 352 g/mol. The van der Waals surface area contributed by atoms with Crippen LogP contribution in [-0.4, -0.2) is 33.0 Å². The third-order valence-electron chi connectivity index (χ3n) is 3.80. The molecule has 0 N–H and O–H groups in total. The molecule has 0 atom stereocenters. The topological polar surface area (TPSA) is 52.9 Å². The summed E-state index contributed by atoms with van der Waals surface area (Å²) in [5.41, 5.74) is 3.10. The second kappa shape index (κ2) is 8.82. The van der Waals surface area contributed by atoms with E-state index in [1.54, 1.807) is 24.3 Å². The van der Waals surface area contributed by atoms with Gasteiger partial charge in [-0.15, -0.1) is 0 Å². The summed E-state index contributed by atoms with van der Waals surface area (Å²) in [4.78, 5) is 16.0. The zero-order valence-electron chi connectivity index (χ0n) is 15.5. The molecule has 0 amide bonds. The summed E-state index contributed by atoms with van der Waals surface area (Å²) in [7, 11) is 7.77. The van der Waals surface area contributed by atoms with Crippen molar-refractivity contribution in [2.75, 3.05) is 43.1 Å². The Morgan fingerprint density at radius 1 is 0.769 bits per heavy atom. The molecule has 0 bridgehead atoms. The van der Waals surface area contributed by atoms with Crippen molar-refractivity contribution in [3.8, 4) is 0 Å². The molecule has 0 saturated carbocycles. The smallest absolute Gasteiger partial charge is 0.262 e. The minimum Gasteiger partial charge on any atom is -0.754 e. The summed E-state index contributed by atoms with van der Waals surface area (Å²) in [5, 5.41) is 12.8. The maximum atomic E-state index is 12.0. The minimum absolute atomic E-state index is 0.526. The lowest BCUT2D eigenvalue weighted by molar-refractivity contribution is -0.384. The Labute approximate surface area is 154 Å². The summed E-state index contributed by atoms with van der Waals surface area (Å²) in [5.74, 6) is 0. The lowest BCUT2D eigenvalue weighted by Crippen LogP contribution is -2.09. The quantitative estimate of drug-likeness (QED) is 0.423. The van der Waals surface area contributed by atoms with Crippen LogP contribution in [0.1, 0.15) is 0 Å². The molecule has 2 aromatic carbocycles. The molecule has 0 aliphatic carbocycles. The largest absolute Gasteiger partial charge is 0.754 e. The van der Waals surface area contributed by atoms with E-state index in [1.807, 2.05) is 62.3 Å². The molecule has 6 heteroatoms. The van der Waals surface area contributed by atoms with Crippen molar-refractivity contribution in [3.05, 3.63) is 83.2 Å². The van der Waals surface area contributed by atoms with E-state index in [0.29, 0.717) is 11.4 Å². The standard InChI is InChI=1S/C20H24N4O2/c1-21(2)17-7-11-19(12-8-17)23(25)15-5-6-16-24(26)20-13-9-18(10-14-20)22(3)4/h5-16H,1-4H3. The Morgan fingerprint density at radius 3 is 1.73 bits per heavy atom. The fourth-order valence-corrected chi connectivity index (χ4v) is 2.22. The highest BCUT2D eigenvalue weighted by atomic mass is 16.5. The van der Waals surface area contributed by atoms with E-state index in [1.165, 1.54) is 24.6 Å². The molecule has 2 rings (SSSR count). The summed E-state index contributed by atoms with van der Waals surface area (Å²) in [6, 6.07) is 14.5. The van der Waals surface area contributed by atoms with Crippen molar-refractivity contribution in [3.63, 3.8) is 0 Å². The van der Waals surface area contributed by atoms with E-state index >= 15 is 0 Å². The fourth-order valence-electron chi connectivity index (χ4n) is 2.22. The van der Waals surface area contributed by atoms with Crippen molar-refractivity contribution < 1.29 is 4.76 Å². The Hall–Kier alpha value is -3.12. The van der Waals surface area contributed by atoms with Gasteiger partial charge in [-0.25, -0.2) is 0 Å². The number of anilines is 3. The molecular weight excluding hydrogens is 328 g/mol. The van der Waals surface area contributed by atoms with Gasteiger partial charge in [0.05, 0.1) is 4.76 Å². The van der Waals surface area contributed by atoms with E-state index < -0.39 is 0 Å². The average molecular weight is 352 g/mol. The van der Waals surface area contributed by atoms with E-state index in [-0.39, 0.29) is 0 Å². The first-order chi connectivity index (χ1) is 12.4. The fraction of sp³-hybridized carbons (Fsp3) is 0.200. The molecule has 26 heavy (non-hydrogen) atoms. The molecule has 0 aliphatic rings. The number of hydrogen-bond donors (Lipinski definition) is 0. The predicted octanol–water partition coefficient (Wildman–Crippen LogP) is 4.26. The Morgan fingerprint density at radius 2 is 1.23 bits per heavy atom. The third-order valence-corrected chi connectivity index (χ3v) is 3.80. The van der Waals surface area contributed by atoms with Crippen LogP contribution < -0.4 is 14.9 Å². The molecule has 0 aromatic heterocycles. The highest BCUT2D eigenvalue weighted by molar-refractivity contribution is 5.57. The van der Waals surface area contributed by atoms with Crippen LogP contribution in [0.15, 0.2) is 73.1 Å². The summed E-state index contributed by atoms with van der Waals surface area (Å²) < 4.78 is 0.755. The number of rotatable bonds is 7. The van der Waals surface area contributed by atoms with Gasteiger partial charge in [0.2, 0.25) is 6.20 Å². The van der Waals surface area contributed by atoms with Crippen molar-refractivity contribution >= 4 is 22.7 Å². The van der Waals surface area contributed by atoms with Gasteiger partial charge in [-0.1, -0.05) is 0 Å². The van der Waals surface area contributed by atoms with E-state index in [2.05, 4.69) is 0 Å². The van der Waals surface area contributed by atoms with Gasteiger partial charge in [0.25, 0.3) is 5.69 Å². The zero-order valence-corrected chi connectivity index (χ0v) is 15.5. The molecule has 0 saturated heterocycles. The van der Waals surface area contributed by atoms with Crippen LogP contribution in [-0.2, 0) is 0 Å². The maximum Gasteiger partial charge on any atom is 0.262 e. The molecule has 0 spiro atoms. The van der Waals surface area contributed by atoms with Gasteiger partial charge in [0.1, 0.15) is 0 Å². The number of hydrogen-bond acceptors (Lipinski definition) is 5. The number of nitroso groups, excluding NO2 is 1. The van der Waals surface area contributed by atoms with Crippen LogP contribution in [0.3, 0.4) is 0 Å². The first kappa shape index (κ1) is 19.2. The Balaban J connectivity index is 1.94. The van der Waals surface area contributed by atoms with Gasteiger partial charge < -0.3 is 20.1 Å². The predicted molar refractivity (Wildman–Crippen MR) is 109 cm³/mol. The number of allylic oxidation sites excluding steroid dienone is 2. The van der Waals surface area contributed by atoms with Gasteiger partial charge in [-0.2, -0.15) is 0 Å². The van der Waals surface area contributed by atoms with Gasteiger partial charge in [0, 0.05) is 68.4 Å². The van der Waals surface area contributed by atoms with Gasteiger partial charge >= 0.3 is 0 Å². The summed E-state index contributed by atoms with van der Waals surface area (Å²) in [6.07, 6.45) is 5.80. The molecule has 136 valence electrons. The van der Waals surface area contributed by atoms with Gasteiger partial charge in [-0.05, 0) is 48.7 Å². The van der Waals surface area contributed by atoms with Crippen molar-refractivity contribution in [1.29, 1.82) is 0 Å². The van der Waals surface area contributed by atoms with Crippen molar-refractivity contribution in [2.45, 2.75) is 0 Å². The van der Waals surface area contributed by atoms with Crippen LogP contribution in [0.5, 0.6) is 0 Å². The third kappa shape index (κ3) is 5.19. The van der Waals surface area contributed by atoms with Crippen LogP contribution in [0, 0.1) is 10.1 Å². The normalized spacial score (nSPS) is 11.1. The SMILES string of the molecule is CN(C)c1ccc(N([O-])C=CC=C[N+](=O)c2ccc(N(C)C)cc2)cc1. The first-order valence-electron chi connectivity index (χ1n) is 8.21. The maximum absolute atomic E-state index is 12.0. The van der Waals surface area contributed by atoms with Crippen molar-refractivity contribution in [2.24, 2.45) is 0 Å². The van der Waals surface area contributed by atoms with E-state index in [9.17, 15) is 10.1 Å². The second-order valence-corrected chi connectivity index (χ2v) is 6.16. The average Bonchev–Trinajstić information content (AvgIpc) is 2.65. The molecule has 0 aliphatic heterocycles. The van der Waals surface area contributed by atoms with Crippen LogP contribution in [0.2, 0.25) is 0 Å². The van der Waals surface area contributed by atoms with Crippen molar-refractivity contribution in [1.82, 2.24) is 0 Å². The molecule has 0 fully saturated rings. The number of hydroxylamine groups is 1. The molecule has 6 nitrogen and oxygen atoms in total. The number of nitrogens with zero attached hydrogens (tertiary/aromatic N) is 4. The molecule has 0 radical (unpaired) electrons. The lowest BCUT2D eigenvalue weighted by atomic mass is 10.2. The Bertz CT molecular complexity index is 778. The lowest BCUT2D eigenvalue weighted by Gasteiger charge is -2.26. The molecule has 0 unspecified atom stereocenters. The van der Waals surface area contributed by atoms with Crippen LogP contribution in [0.25, 0.3) is 0 Å². The second-order valence-electron chi connectivity index (χ2n) is 6.16. The van der Waals surface area contributed by atoms with Gasteiger partial charge in [0.15, 0.2) is 0 Å². The summed E-state index contributed by atoms with van der Waals surface area (Å²) in [6.45, 7) is 0.